The molecule has 0 amide bonds. The molecule has 0 bridgehead atoms. The predicted octanol–water partition coefficient (Wildman–Crippen LogP) is 2.56. The minimum Gasteiger partial charge on any atom is -0.383 e. The third-order valence-electron chi connectivity index (χ3n) is 1.74. The lowest BCUT2D eigenvalue weighted by molar-refractivity contribution is 1.15. The summed E-state index contributed by atoms with van der Waals surface area (Å²) in [6.45, 7) is 0. The van der Waals surface area contributed by atoms with Crippen LogP contribution in [0.15, 0.2) is 41.0 Å². The van der Waals surface area contributed by atoms with Crippen molar-refractivity contribution in [2.24, 2.45) is 0 Å². The van der Waals surface area contributed by atoms with Gasteiger partial charge in [-0.25, -0.2) is 4.98 Å². The molecule has 0 atom stereocenters. The fraction of sp³-hybridized carbons (Fsp3) is 0. The third-order valence-corrected chi connectivity index (χ3v) is 2.15. The molecule has 0 aliphatic heterocycles. The number of aromatic nitrogens is 2. The lowest BCUT2D eigenvalue weighted by atomic mass is 10.3. The van der Waals surface area contributed by atoms with E-state index < -0.39 is 0 Å². The zero-order valence-electron chi connectivity index (χ0n) is 7.81. The van der Waals surface area contributed by atoms with Gasteiger partial charge in [0.15, 0.2) is 0 Å². The van der Waals surface area contributed by atoms with E-state index in [1.807, 2.05) is 30.3 Å². The van der Waals surface area contributed by atoms with Crippen molar-refractivity contribution < 1.29 is 0 Å². The van der Waals surface area contributed by atoms with E-state index in [1.165, 1.54) is 0 Å². The molecule has 76 valence electrons. The monoisotopic (exact) mass is 264 g/mol. The number of nitrogens with zero attached hydrogens (tertiary/aromatic N) is 2. The van der Waals surface area contributed by atoms with Gasteiger partial charge in [-0.1, -0.05) is 18.2 Å². The van der Waals surface area contributed by atoms with Crippen LogP contribution in [0, 0.1) is 0 Å². The maximum Gasteiger partial charge on any atom is 0.230 e. The summed E-state index contributed by atoms with van der Waals surface area (Å²) in [4.78, 5) is 8.20. The first-order valence-corrected chi connectivity index (χ1v) is 5.15. The van der Waals surface area contributed by atoms with Crippen LogP contribution in [0.5, 0.6) is 0 Å². The Morgan fingerprint density at radius 3 is 2.53 bits per heavy atom. The van der Waals surface area contributed by atoms with E-state index in [2.05, 4.69) is 31.2 Å². The maximum atomic E-state index is 5.59. The van der Waals surface area contributed by atoms with Crippen LogP contribution in [-0.4, -0.2) is 9.97 Å². The van der Waals surface area contributed by atoms with Crippen molar-refractivity contribution in [3.63, 3.8) is 0 Å². The van der Waals surface area contributed by atoms with Crippen molar-refractivity contribution in [3.8, 4) is 0 Å². The number of hydrogen-bond donors (Lipinski definition) is 2. The van der Waals surface area contributed by atoms with Crippen molar-refractivity contribution in [2.75, 3.05) is 11.1 Å². The topological polar surface area (TPSA) is 63.8 Å². The number of para-hydroxylation sites is 1. The first kappa shape index (κ1) is 9.92. The van der Waals surface area contributed by atoms with Crippen LogP contribution in [-0.2, 0) is 0 Å². The Balaban J connectivity index is 2.25. The average molecular weight is 265 g/mol. The zero-order chi connectivity index (χ0) is 10.7. The minimum absolute atomic E-state index is 0.426. The van der Waals surface area contributed by atoms with Crippen molar-refractivity contribution in [1.82, 2.24) is 9.97 Å². The van der Waals surface area contributed by atoms with E-state index >= 15 is 0 Å². The number of nitrogens with one attached hydrogen (secondary N) is 1. The van der Waals surface area contributed by atoms with Gasteiger partial charge in [-0.2, -0.15) is 4.98 Å². The summed E-state index contributed by atoms with van der Waals surface area (Å²) >= 11 is 3.26. The first-order valence-electron chi connectivity index (χ1n) is 4.36. The van der Waals surface area contributed by atoms with Gasteiger partial charge in [-0.15, -0.1) is 0 Å². The molecule has 0 spiro atoms. The molecule has 2 rings (SSSR count). The summed E-state index contributed by atoms with van der Waals surface area (Å²) in [5.74, 6) is 0.906. The molecule has 0 fully saturated rings. The minimum atomic E-state index is 0.426. The number of rotatable bonds is 2. The van der Waals surface area contributed by atoms with E-state index in [1.54, 1.807) is 6.07 Å². The molecule has 15 heavy (non-hydrogen) atoms. The molecule has 0 saturated heterocycles. The molecule has 0 saturated carbocycles. The summed E-state index contributed by atoms with van der Waals surface area (Å²) in [7, 11) is 0. The van der Waals surface area contributed by atoms with Crippen LogP contribution in [0.3, 0.4) is 0 Å². The molecular weight excluding hydrogens is 256 g/mol. The van der Waals surface area contributed by atoms with Crippen molar-refractivity contribution in [3.05, 3.63) is 41.0 Å². The van der Waals surface area contributed by atoms with Crippen LogP contribution in [0.25, 0.3) is 0 Å². The Morgan fingerprint density at radius 2 is 1.87 bits per heavy atom. The molecule has 0 radical (unpaired) electrons. The molecule has 5 heteroatoms. The molecule has 2 aromatic rings. The van der Waals surface area contributed by atoms with Crippen molar-refractivity contribution in [1.29, 1.82) is 0 Å². The number of hydrogen-bond acceptors (Lipinski definition) is 4. The second kappa shape index (κ2) is 4.27. The Hall–Kier alpha value is -1.62. The van der Waals surface area contributed by atoms with E-state index in [4.69, 9.17) is 5.73 Å². The predicted molar refractivity (Wildman–Crippen MR) is 63.9 cm³/mol. The molecule has 0 aliphatic rings. The molecular formula is C10H9BrN4. The third kappa shape index (κ3) is 2.66. The van der Waals surface area contributed by atoms with E-state index in [-0.39, 0.29) is 0 Å². The van der Waals surface area contributed by atoms with Crippen molar-refractivity contribution >= 4 is 33.4 Å². The normalized spacial score (nSPS) is 9.93. The van der Waals surface area contributed by atoms with Crippen LogP contribution in [0.4, 0.5) is 17.5 Å². The first-order chi connectivity index (χ1) is 7.24. The zero-order valence-corrected chi connectivity index (χ0v) is 9.40. The fourth-order valence-electron chi connectivity index (χ4n) is 1.14. The quantitative estimate of drug-likeness (QED) is 0.819. The fourth-order valence-corrected chi connectivity index (χ4v) is 1.54. The number of anilines is 3. The highest BCUT2D eigenvalue weighted by Gasteiger charge is 2.00. The van der Waals surface area contributed by atoms with E-state index in [9.17, 15) is 0 Å². The molecule has 1 heterocycles. The summed E-state index contributed by atoms with van der Waals surface area (Å²) in [5.41, 5.74) is 6.52. The summed E-state index contributed by atoms with van der Waals surface area (Å²) in [6.07, 6.45) is 0. The lowest BCUT2D eigenvalue weighted by Gasteiger charge is -2.04. The number of nitrogens with two attached hydrogens (primary N) is 1. The standard InChI is InChI=1S/C10H9BrN4/c11-8-6-9(12)15-10(14-8)13-7-4-2-1-3-5-7/h1-6H,(H3,12,13,14,15). The largest absolute Gasteiger partial charge is 0.383 e. The Bertz CT molecular complexity index is 438. The van der Waals surface area contributed by atoms with Gasteiger partial charge in [0.2, 0.25) is 5.95 Å². The number of nitrogen functional groups attached to an aromatic ring is 1. The summed E-state index contributed by atoms with van der Waals surface area (Å²) in [5, 5.41) is 3.05. The van der Waals surface area contributed by atoms with Gasteiger partial charge in [0.05, 0.1) is 0 Å². The van der Waals surface area contributed by atoms with Gasteiger partial charge in [-0.3, -0.25) is 0 Å². The van der Waals surface area contributed by atoms with E-state index in [0.29, 0.717) is 16.4 Å². The van der Waals surface area contributed by atoms with Gasteiger partial charge in [0.1, 0.15) is 10.4 Å². The molecule has 3 N–H and O–H groups in total. The van der Waals surface area contributed by atoms with Gasteiger partial charge in [-0.05, 0) is 28.1 Å². The highest BCUT2D eigenvalue weighted by Crippen LogP contribution is 2.16. The second-order valence-corrected chi connectivity index (χ2v) is 3.74. The van der Waals surface area contributed by atoms with Gasteiger partial charge in [0.25, 0.3) is 0 Å². The lowest BCUT2D eigenvalue weighted by Crippen LogP contribution is -2.00. The van der Waals surface area contributed by atoms with Crippen LogP contribution < -0.4 is 11.1 Å². The summed E-state index contributed by atoms with van der Waals surface area (Å²) in [6, 6.07) is 11.3. The van der Waals surface area contributed by atoms with Crippen LogP contribution >= 0.6 is 15.9 Å². The Morgan fingerprint density at radius 1 is 1.13 bits per heavy atom. The van der Waals surface area contributed by atoms with Crippen LogP contribution in [0.2, 0.25) is 0 Å². The van der Waals surface area contributed by atoms with Gasteiger partial charge < -0.3 is 11.1 Å². The highest BCUT2D eigenvalue weighted by molar-refractivity contribution is 9.10. The smallest absolute Gasteiger partial charge is 0.230 e. The number of benzene rings is 1. The Labute approximate surface area is 95.7 Å². The second-order valence-electron chi connectivity index (χ2n) is 2.93. The van der Waals surface area contributed by atoms with Crippen molar-refractivity contribution in [2.45, 2.75) is 0 Å². The molecule has 0 unspecified atom stereocenters. The Kier molecular flexibility index (Phi) is 2.82. The molecule has 1 aromatic heterocycles. The van der Waals surface area contributed by atoms with Gasteiger partial charge >= 0.3 is 0 Å². The van der Waals surface area contributed by atoms with Gasteiger partial charge in [0, 0.05) is 11.8 Å². The molecule has 0 aliphatic carbocycles. The maximum absolute atomic E-state index is 5.59. The highest BCUT2D eigenvalue weighted by atomic mass is 79.9. The van der Waals surface area contributed by atoms with Crippen LogP contribution in [0.1, 0.15) is 0 Å². The molecule has 1 aromatic carbocycles. The van der Waals surface area contributed by atoms with E-state index in [0.717, 1.165) is 5.69 Å². The SMILES string of the molecule is Nc1cc(Br)nc(Nc2ccccc2)n1. The molecule has 4 nitrogen and oxygen atoms in total. The average Bonchev–Trinajstić information content (AvgIpc) is 2.17. The number of halogens is 1. The summed E-state index contributed by atoms with van der Waals surface area (Å²) < 4.78 is 0.661.